The second kappa shape index (κ2) is 7.05. The van der Waals surface area contributed by atoms with Crippen molar-refractivity contribution < 1.29 is 14.1 Å². The third kappa shape index (κ3) is 2.99. The van der Waals surface area contributed by atoms with E-state index in [0.717, 1.165) is 36.3 Å². The molecule has 2 heterocycles. The van der Waals surface area contributed by atoms with Crippen molar-refractivity contribution in [3.05, 3.63) is 47.0 Å². The summed E-state index contributed by atoms with van der Waals surface area (Å²) in [4.78, 5) is 17.8. The Morgan fingerprint density at radius 3 is 3.00 bits per heavy atom. The average molecular weight is 395 g/mol. The molecule has 2 aliphatic carbocycles. The summed E-state index contributed by atoms with van der Waals surface area (Å²) in [5.74, 6) is 2.61. The van der Waals surface area contributed by atoms with Gasteiger partial charge in [-0.15, -0.1) is 0 Å². The quantitative estimate of drug-likeness (QED) is 0.684. The number of thiophene rings is 1. The first kappa shape index (κ1) is 17.4. The highest BCUT2D eigenvalue weighted by Crippen LogP contribution is 2.56. The summed E-state index contributed by atoms with van der Waals surface area (Å²) in [6, 6.07) is 9.43. The van der Waals surface area contributed by atoms with Crippen LogP contribution >= 0.6 is 11.3 Å². The summed E-state index contributed by atoms with van der Waals surface area (Å²) in [5, 5.41) is 11.2. The number of anilines is 1. The van der Waals surface area contributed by atoms with Crippen molar-refractivity contribution in [2.24, 2.45) is 17.8 Å². The first-order chi connectivity index (χ1) is 13.7. The van der Waals surface area contributed by atoms with Gasteiger partial charge in [-0.1, -0.05) is 11.2 Å². The standard InChI is InChI=1S/C21H21N3O3S/c1-26-16-4-2-3-15(10-16)22-20(25)17-12-5-6-13(9-12)18(17)21-23-19(24-27-21)14-7-8-28-11-14/h2-4,7-8,10-13,17-18H,5-6,9H2,1H3,(H,22,25)/t12-,13+,17-,18-/m0/s1. The van der Waals surface area contributed by atoms with E-state index in [-0.39, 0.29) is 17.7 Å². The van der Waals surface area contributed by atoms with E-state index in [9.17, 15) is 4.79 Å². The van der Waals surface area contributed by atoms with Crippen molar-refractivity contribution in [1.29, 1.82) is 0 Å². The Hall–Kier alpha value is -2.67. The monoisotopic (exact) mass is 395 g/mol. The lowest BCUT2D eigenvalue weighted by molar-refractivity contribution is -0.122. The number of nitrogens with one attached hydrogen (secondary N) is 1. The molecule has 0 unspecified atom stereocenters. The van der Waals surface area contributed by atoms with Crippen LogP contribution in [0.5, 0.6) is 5.75 Å². The Labute approximate surface area is 166 Å². The molecule has 4 atom stereocenters. The van der Waals surface area contributed by atoms with Crippen LogP contribution in [0.25, 0.3) is 11.4 Å². The molecule has 0 spiro atoms. The Morgan fingerprint density at radius 2 is 2.18 bits per heavy atom. The molecule has 1 N–H and O–H groups in total. The zero-order chi connectivity index (χ0) is 19.1. The van der Waals surface area contributed by atoms with Gasteiger partial charge in [0.1, 0.15) is 5.75 Å². The molecule has 0 aliphatic heterocycles. The maximum Gasteiger partial charge on any atom is 0.231 e. The molecule has 2 saturated carbocycles. The second-order valence-electron chi connectivity index (χ2n) is 7.57. The van der Waals surface area contributed by atoms with Crippen LogP contribution in [0.3, 0.4) is 0 Å². The number of benzene rings is 1. The van der Waals surface area contributed by atoms with Gasteiger partial charge < -0.3 is 14.6 Å². The molecule has 5 rings (SSSR count). The van der Waals surface area contributed by atoms with Gasteiger partial charge in [-0.25, -0.2) is 0 Å². The molecule has 6 nitrogen and oxygen atoms in total. The number of methoxy groups -OCH3 is 1. The molecule has 1 amide bonds. The number of hydrogen-bond donors (Lipinski definition) is 1. The lowest BCUT2D eigenvalue weighted by atomic mass is 9.78. The first-order valence-corrected chi connectivity index (χ1v) is 10.5. The highest BCUT2D eigenvalue weighted by Gasteiger charge is 2.53. The molecule has 2 aromatic heterocycles. The van der Waals surface area contributed by atoms with Crippen molar-refractivity contribution >= 4 is 22.9 Å². The van der Waals surface area contributed by atoms with Gasteiger partial charge in [-0.05, 0) is 54.7 Å². The number of rotatable bonds is 5. The molecule has 3 aromatic rings. The van der Waals surface area contributed by atoms with Crippen molar-refractivity contribution in [3.63, 3.8) is 0 Å². The predicted molar refractivity (Wildman–Crippen MR) is 106 cm³/mol. The van der Waals surface area contributed by atoms with Crippen LogP contribution in [0.15, 0.2) is 45.6 Å². The van der Waals surface area contributed by atoms with Gasteiger partial charge in [0.25, 0.3) is 0 Å². The van der Waals surface area contributed by atoms with E-state index < -0.39 is 0 Å². The molecular weight excluding hydrogens is 374 g/mol. The molecule has 0 saturated heterocycles. The van der Waals surface area contributed by atoms with Gasteiger partial charge >= 0.3 is 0 Å². The third-order valence-electron chi connectivity index (χ3n) is 6.06. The molecule has 2 fully saturated rings. The predicted octanol–water partition coefficient (Wildman–Crippen LogP) is 4.58. The van der Waals surface area contributed by atoms with Crippen molar-refractivity contribution in [2.75, 3.05) is 12.4 Å². The van der Waals surface area contributed by atoms with E-state index in [1.54, 1.807) is 18.4 Å². The fourth-order valence-corrected chi connectivity index (χ4v) is 5.46. The minimum absolute atomic E-state index is 0.00996. The third-order valence-corrected chi connectivity index (χ3v) is 6.75. The molecule has 7 heteroatoms. The average Bonchev–Trinajstić information content (AvgIpc) is 3.51. The number of fused-ring (bicyclic) bond motifs is 2. The van der Waals surface area contributed by atoms with Crippen LogP contribution in [0.1, 0.15) is 31.1 Å². The summed E-state index contributed by atoms with van der Waals surface area (Å²) >= 11 is 1.60. The molecule has 1 aromatic carbocycles. The number of nitrogens with zero attached hydrogens (tertiary/aromatic N) is 2. The van der Waals surface area contributed by atoms with Gasteiger partial charge in [0.05, 0.1) is 18.9 Å². The summed E-state index contributed by atoms with van der Waals surface area (Å²) in [6.07, 6.45) is 3.26. The zero-order valence-electron chi connectivity index (χ0n) is 15.5. The van der Waals surface area contributed by atoms with E-state index in [1.807, 2.05) is 41.1 Å². The molecule has 28 heavy (non-hydrogen) atoms. The topological polar surface area (TPSA) is 77.2 Å². The largest absolute Gasteiger partial charge is 0.497 e. The van der Waals surface area contributed by atoms with Gasteiger partial charge in [0.15, 0.2) is 0 Å². The molecule has 144 valence electrons. The number of amides is 1. The first-order valence-electron chi connectivity index (χ1n) is 9.54. The lowest BCUT2D eigenvalue weighted by Gasteiger charge is -2.27. The fourth-order valence-electron chi connectivity index (χ4n) is 4.83. The zero-order valence-corrected chi connectivity index (χ0v) is 16.3. The Kier molecular flexibility index (Phi) is 4.39. The summed E-state index contributed by atoms with van der Waals surface area (Å²) in [5.41, 5.74) is 1.70. The molecule has 0 radical (unpaired) electrons. The van der Waals surface area contributed by atoms with Gasteiger partial charge in [0.2, 0.25) is 17.6 Å². The number of aromatic nitrogens is 2. The van der Waals surface area contributed by atoms with Crippen LogP contribution in [0, 0.1) is 17.8 Å². The number of ether oxygens (including phenoxy) is 1. The number of carbonyl (C=O) groups is 1. The maximum atomic E-state index is 13.2. The van der Waals surface area contributed by atoms with Crippen LogP contribution in [-0.4, -0.2) is 23.2 Å². The minimum Gasteiger partial charge on any atom is -0.497 e. The highest BCUT2D eigenvalue weighted by atomic mass is 32.1. The van der Waals surface area contributed by atoms with Crippen molar-refractivity contribution in [3.8, 4) is 17.1 Å². The molecular formula is C21H21N3O3S. The van der Waals surface area contributed by atoms with Gasteiger partial charge in [-0.2, -0.15) is 16.3 Å². The maximum absolute atomic E-state index is 13.2. The van der Waals surface area contributed by atoms with E-state index in [4.69, 9.17) is 9.26 Å². The van der Waals surface area contributed by atoms with Gasteiger partial charge in [0, 0.05) is 22.7 Å². The van der Waals surface area contributed by atoms with E-state index in [2.05, 4.69) is 15.5 Å². The minimum atomic E-state index is -0.138. The second-order valence-corrected chi connectivity index (χ2v) is 8.35. The lowest BCUT2D eigenvalue weighted by Crippen LogP contribution is -2.32. The van der Waals surface area contributed by atoms with Crippen molar-refractivity contribution in [1.82, 2.24) is 10.1 Å². The van der Waals surface area contributed by atoms with Crippen LogP contribution in [-0.2, 0) is 4.79 Å². The molecule has 2 bridgehead atoms. The van der Waals surface area contributed by atoms with Crippen molar-refractivity contribution in [2.45, 2.75) is 25.2 Å². The Balaban J connectivity index is 1.40. The van der Waals surface area contributed by atoms with Gasteiger partial charge in [-0.3, -0.25) is 4.79 Å². The summed E-state index contributed by atoms with van der Waals surface area (Å²) in [6.45, 7) is 0. The summed E-state index contributed by atoms with van der Waals surface area (Å²) in [7, 11) is 1.62. The van der Waals surface area contributed by atoms with E-state index >= 15 is 0 Å². The van der Waals surface area contributed by atoms with Crippen LogP contribution in [0.2, 0.25) is 0 Å². The van der Waals surface area contributed by atoms with E-state index in [0.29, 0.717) is 23.6 Å². The Bertz CT molecular complexity index is 984. The SMILES string of the molecule is COc1cccc(NC(=O)[C@H]2[C@H]3CC[C@H](C3)[C@@H]2c2nc(-c3ccsc3)no2)c1. The van der Waals surface area contributed by atoms with Crippen LogP contribution < -0.4 is 10.1 Å². The molecule has 2 aliphatic rings. The summed E-state index contributed by atoms with van der Waals surface area (Å²) < 4.78 is 10.9. The van der Waals surface area contributed by atoms with Crippen LogP contribution in [0.4, 0.5) is 5.69 Å². The number of carbonyl (C=O) groups excluding carboxylic acids is 1. The Morgan fingerprint density at radius 1 is 1.29 bits per heavy atom. The highest BCUT2D eigenvalue weighted by molar-refractivity contribution is 7.08. The fraction of sp³-hybridized carbons (Fsp3) is 0.381. The number of hydrogen-bond acceptors (Lipinski definition) is 6. The normalized spacial score (nSPS) is 25.8. The van der Waals surface area contributed by atoms with E-state index in [1.165, 1.54) is 0 Å². The smallest absolute Gasteiger partial charge is 0.231 e.